The minimum atomic E-state index is -0.108. The highest BCUT2D eigenvalue weighted by molar-refractivity contribution is 9.09. The van der Waals surface area contributed by atoms with Crippen LogP contribution in [0.5, 0.6) is 0 Å². The number of rotatable bonds is 3. The summed E-state index contributed by atoms with van der Waals surface area (Å²) in [6.45, 7) is 4.12. The van der Waals surface area contributed by atoms with Crippen LogP contribution in [-0.2, 0) is 4.79 Å². The normalized spacial score (nSPS) is 34.5. The zero-order valence-corrected chi connectivity index (χ0v) is 11.1. The Morgan fingerprint density at radius 1 is 1.33 bits per heavy atom. The van der Waals surface area contributed by atoms with Crippen LogP contribution in [0, 0.1) is 17.8 Å². The summed E-state index contributed by atoms with van der Waals surface area (Å²) < 4.78 is 0. The van der Waals surface area contributed by atoms with E-state index in [1.807, 2.05) is 0 Å². The first-order valence-electron chi connectivity index (χ1n) is 5.93. The molecule has 15 heavy (non-hydrogen) atoms. The number of hydrogen-bond acceptors (Lipinski definition) is 1. The third-order valence-corrected chi connectivity index (χ3v) is 5.16. The standard InChI is InChI=1S/C12H20BrNO/c1-12(2,7-13)14-11(15)10-8-5-3-4-6-9(8)10/h8-10H,3-7H2,1-2H3,(H,14,15). The highest BCUT2D eigenvalue weighted by Crippen LogP contribution is 2.55. The van der Waals surface area contributed by atoms with Crippen LogP contribution >= 0.6 is 15.9 Å². The van der Waals surface area contributed by atoms with Crippen molar-refractivity contribution in [2.24, 2.45) is 17.8 Å². The first-order chi connectivity index (χ1) is 7.05. The molecule has 2 saturated carbocycles. The molecular formula is C12H20BrNO. The Hall–Kier alpha value is -0.0500. The number of hydrogen-bond donors (Lipinski definition) is 1. The Labute approximate surface area is 100 Å². The van der Waals surface area contributed by atoms with Gasteiger partial charge in [0.1, 0.15) is 0 Å². The van der Waals surface area contributed by atoms with Gasteiger partial charge in [-0.2, -0.15) is 0 Å². The molecule has 0 aromatic heterocycles. The number of nitrogens with one attached hydrogen (secondary N) is 1. The third-order valence-electron chi connectivity index (χ3n) is 3.75. The highest BCUT2D eigenvalue weighted by Gasteiger charge is 2.55. The Morgan fingerprint density at radius 3 is 2.33 bits per heavy atom. The summed E-state index contributed by atoms with van der Waals surface area (Å²) in [5.41, 5.74) is -0.108. The lowest BCUT2D eigenvalue weighted by Gasteiger charge is -2.23. The topological polar surface area (TPSA) is 29.1 Å². The Balaban J connectivity index is 1.88. The van der Waals surface area contributed by atoms with Crippen LogP contribution in [0.15, 0.2) is 0 Å². The van der Waals surface area contributed by atoms with Gasteiger partial charge in [-0.1, -0.05) is 28.8 Å². The monoisotopic (exact) mass is 273 g/mol. The molecule has 0 radical (unpaired) electrons. The molecule has 2 rings (SSSR count). The lowest BCUT2D eigenvalue weighted by atomic mass is 10.0. The van der Waals surface area contributed by atoms with Gasteiger partial charge in [0, 0.05) is 16.8 Å². The Bertz CT molecular complexity index is 252. The van der Waals surface area contributed by atoms with E-state index in [9.17, 15) is 4.79 Å². The maximum atomic E-state index is 12.0. The fraction of sp³-hybridized carbons (Fsp3) is 0.917. The van der Waals surface area contributed by atoms with E-state index in [0.29, 0.717) is 17.8 Å². The molecule has 0 spiro atoms. The Kier molecular flexibility index (Phi) is 3.11. The van der Waals surface area contributed by atoms with Crippen LogP contribution in [0.1, 0.15) is 39.5 Å². The minimum absolute atomic E-state index is 0.108. The van der Waals surface area contributed by atoms with Crippen LogP contribution in [0.3, 0.4) is 0 Å². The molecule has 0 bridgehead atoms. The number of amides is 1. The molecule has 2 fully saturated rings. The summed E-state index contributed by atoms with van der Waals surface area (Å²) >= 11 is 3.43. The average Bonchev–Trinajstić information content (AvgIpc) is 2.91. The van der Waals surface area contributed by atoms with Crippen molar-refractivity contribution in [2.75, 3.05) is 5.33 Å². The molecule has 2 aliphatic carbocycles. The summed E-state index contributed by atoms with van der Waals surface area (Å²) in [7, 11) is 0. The minimum Gasteiger partial charge on any atom is -0.350 e. The number of carbonyl (C=O) groups is 1. The average molecular weight is 274 g/mol. The van der Waals surface area contributed by atoms with Crippen LogP contribution < -0.4 is 5.32 Å². The number of carbonyl (C=O) groups excluding carboxylic acids is 1. The van der Waals surface area contributed by atoms with Gasteiger partial charge in [-0.05, 0) is 38.5 Å². The smallest absolute Gasteiger partial charge is 0.224 e. The molecule has 2 atom stereocenters. The van der Waals surface area contributed by atoms with Crippen molar-refractivity contribution in [1.29, 1.82) is 0 Å². The maximum Gasteiger partial charge on any atom is 0.224 e. The molecule has 0 aromatic rings. The van der Waals surface area contributed by atoms with Gasteiger partial charge in [0.15, 0.2) is 0 Å². The second kappa shape index (κ2) is 4.08. The lowest BCUT2D eigenvalue weighted by molar-refractivity contribution is -0.124. The van der Waals surface area contributed by atoms with Gasteiger partial charge >= 0.3 is 0 Å². The first-order valence-corrected chi connectivity index (χ1v) is 7.05. The van der Waals surface area contributed by atoms with Crippen molar-refractivity contribution in [1.82, 2.24) is 5.32 Å². The molecule has 86 valence electrons. The van der Waals surface area contributed by atoms with Gasteiger partial charge < -0.3 is 5.32 Å². The Morgan fingerprint density at radius 2 is 1.87 bits per heavy atom. The number of fused-ring (bicyclic) bond motifs is 1. The zero-order valence-electron chi connectivity index (χ0n) is 9.55. The molecule has 2 unspecified atom stereocenters. The predicted molar refractivity (Wildman–Crippen MR) is 65.0 cm³/mol. The fourth-order valence-electron chi connectivity index (χ4n) is 2.83. The van der Waals surface area contributed by atoms with E-state index in [2.05, 4.69) is 35.1 Å². The van der Waals surface area contributed by atoms with Gasteiger partial charge in [0.25, 0.3) is 0 Å². The van der Waals surface area contributed by atoms with Crippen LogP contribution in [0.4, 0.5) is 0 Å². The molecule has 0 aromatic carbocycles. The van der Waals surface area contributed by atoms with Gasteiger partial charge in [0.05, 0.1) is 0 Å². The summed E-state index contributed by atoms with van der Waals surface area (Å²) in [5.74, 6) is 2.05. The van der Waals surface area contributed by atoms with Crippen molar-refractivity contribution >= 4 is 21.8 Å². The predicted octanol–water partition coefficient (Wildman–Crippen LogP) is 2.71. The highest BCUT2D eigenvalue weighted by atomic mass is 79.9. The van der Waals surface area contributed by atoms with Crippen molar-refractivity contribution < 1.29 is 4.79 Å². The van der Waals surface area contributed by atoms with Gasteiger partial charge in [-0.25, -0.2) is 0 Å². The maximum absolute atomic E-state index is 12.0. The third kappa shape index (κ3) is 2.38. The molecular weight excluding hydrogens is 254 g/mol. The van der Waals surface area contributed by atoms with E-state index in [0.717, 1.165) is 5.33 Å². The van der Waals surface area contributed by atoms with E-state index < -0.39 is 0 Å². The summed E-state index contributed by atoms with van der Waals surface area (Å²) in [4.78, 5) is 12.0. The SMILES string of the molecule is CC(C)(CBr)NC(=O)C1C2CCCCC21. The molecule has 2 nitrogen and oxygen atoms in total. The quantitative estimate of drug-likeness (QED) is 0.788. The van der Waals surface area contributed by atoms with Gasteiger partial charge in [-0.3, -0.25) is 4.79 Å². The van der Waals surface area contributed by atoms with Gasteiger partial charge in [-0.15, -0.1) is 0 Å². The van der Waals surface area contributed by atoms with Crippen LogP contribution in [0.25, 0.3) is 0 Å². The van der Waals surface area contributed by atoms with E-state index >= 15 is 0 Å². The molecule has 0 aliphatic heterocycles. The molecule has 3 heteroatoms. The lowest BCUT2D eigenvalue weighted by Crippen LogP contribution is -2.45. The van der Waals surface area contributed by atoms with Gasteiger partial charge in [0.2, 0.25) is 5.91 Å². The van der Waals surface area contributed by atoms with E-state index in [1.54, 1.807) is 0 Å². The van der Waals surface area contributed by atoms with Crippen LogP contribution in [0.2, 0.25) is 0 Å². The fourth-order valence-corrected chi connectivity index (χ4v) is 2.97. The van der Waals surface area contributed by atoms with E-state index in [-0.39, 0.29) is 11.4 Å². The molecule has 1 N–H and O–H groups in total. The van der Waals surface area contributed by atoms with Crippen molar-refractivity contribution in [3.05, 3.63) is 0 Å². The number of alkyl halides is 1. The summed E-state index contributed by atoms with van der Waals surface area (Å²) in [5, 5.41) is 3.95. The van der Waals surface area contributed by atoms with E-state index in [1.165, 1.54) is 25.7 Å². The summed E-state index contributed by atoms with van der Waals surface area (Å²) in [6.07, 6.45) is 5.20. The second-order valence-electron chi connectivity index (χ2n) is 5.64. The van der Waals surface area contributed by atoms with E-state index in [4.69, 9.17) is 0 Å². The largest absolute Gasteiger partial charge is 0.350 e. The van der Waals surface area contributed by atoms with Crippen molar-refractivity contribution in [3.63, 3.8) is 0 Å². The van der Waals surface area contributed by atoms with Crippen molar-refractivity contribution in [2.45, 2.75) is 45.1 Å². The summed E-state index contributed by atoms with van der Waals surface area (Å²) in [6, 6.07) is 0. The second-order valence-corrected chi connectivity index (χ2v) is 6.21. The molecule has 0 saturated heterocycles. The molecule has 0 heterocycles. The first kappa shape index (κ1) is 11.4. The zero-order chi connectivity index (χ0) is 11.1. The van der Waals surface area contributed by atoms with Crippen molar-refractivity contribution in [3.8, 4) is 0 Å². The number of halogens is 1. The molecule has 2 aliphatic rings. The molecule has 1 amide bonds. The van der Waals surface area contributed by atoms with Crippen LogP contribution in [-0.4, -0.2) is 16.8 Å².